The molecule has 0 aliphatic carbocycles. The Kier molecular flexibility index (Phi) is 5.18. The molecule has 0 saturated carbocycles. The number of esters is 1. The summed E-state index contributed by atoms with van der Waals surface area (Å²) in [6.45, 7) is 3.29. The van der Waals surface area contributed by atoms with Crippen molar-refractivity contribution in [3.05, 3.63) is 0 Å². The summed E-state index contributed by atoms with van der Waals surface area (Å²) in [5, 5.41) is 12.8. The van der Waals surface area contributed by atoms with E-state index in [2.05, 4.69) is 10.1 Å². The van der Waals surface area contributed by atoms with Gasteiger partial charge >= 0.3 is 5.97 Å². The van der Waals surface area contributed by atoms with Crippen molar-refractivity contribution in [1.29, 1.82) is 0 Å². The number of nitrogens with one attached hydrogen (secondary N) is 1. The zero-order valence-electron chi connectivity index (χ0n) is 9.99. The SMILES string of the molecule is COC(=O)CC(C)NC1(CO)CCOCC1. The number of aliphatic hydroxyl groups is 1. The van der Waals surface area contributed by atoms with Gasteiger partial charge in [0.05, 0.1) is 20.1 Å². The van der Waals surface area contributed by atoms with Crippen molar-refractivity contribution in [2.45, 2.75) is 37.8 Å². The van der Waals surface area contributed by atoms with Crippen molar-refractivity contribution >= 4 is 5.97 Å². The van der Waals surface area contributed by atoms with Gasteiger partial charge in [-0.2, -0.15) is 0 Å². The predicted molar refractivity (Wildman–Crippen MR) is 59.1 cm³/mol. The normalized spacial score (nSPS) is 21.4. The van der Waals surface area contributed by atoms with Gasteiger partial charge in [0.1, 0.15) is 0 Å². The standard InChI is InChI=1S/C11H21NO4/c1-9(7-10(14)15-2)12-11(8-13)3-5-16-6-4-11/h9,12-13H,3-8H2,1-2H3. The highest BCUT2D eigenvalue weighted by Crippen LogP contribution is 2.21. The van der Waals surface area contributed by atoms with Gasteiger partial charge in [-0.3, -0.25) is 4.79 Å². The number of aliphatic hydroxyl groups excluding tert-OH is 1. The molecule has 1 saturated heterocycles. The van der Waals surface area contributed by atoms with Gasteiger partial charge in [-0.05, 0) is 19.8 Å². The number of hydrogen-bond donors (Lipinski definition) is 2. The minimum absolute atomic E-state index is 0.00213. The zero-order chi connectivity index (χ0) is 12.0. The molecule has 0 bridgehead atoms. The second-order valence-corrected chi connectivity index (χ2v) is 4.38. The van der Waals surface area contributed by atoms with E-state index in [0.717, 1.165) is 12.8 Å². The highest BCUT2D eigenvalue weighted by Gasteiger charge is 2.33. The van der Waals surface area contributed by atoms with Crippen LogP contribution >= 0.6 is 0 Å². The third-order valence-corrected chi connectivity index (χ3v) is 3.01. The van der Waals surface area contributed by atoms with Crippen LogP contribution in [0.1, 0.15) is 26.2 Å². The van der Waals surface area contributed by atoms with E-state index >= 15 is 0 Å². The van der Waals surface area contributed by atoms with Crippen molar-refractivity contribution in [2.24, 2.45) is 0 Å². The second-order valence-electron chi connectivity index (χ2n) is 4.38. The lowest BCUT2D eigenvalue weighted by Crippen LogP contribution is -2.55. The van der Waals surface area contributed by atoms with Gasteiger partial charge in [-0.15, -0.1) is 0 Å². The molecule has 0 spiro atoms. The fraction of sp³-hybridized carbons (Fsp3) is 0.909. The molecule has 1 heterocycles. The minimum atomic E-state index is -0.300. The van der Waals surface area contributed by atoms with Gasteiger partial charge in [0, 0.05) is 24.8 Å². The number of carbonyl (C=O) groups excluding carboxylic acids is 1. The quantitative estimate of drug-likeness (QED) is 0.655. The van der Waals surface area contributed by atoms with Crippen molar-refractivity contribution in [2.75, 3.05) is 26.9 Å². The van der Waals surface area contributed by atoms with E-state index < -0.39 is 0 Å². The van der Waals surface area contributed by atoms with E-state index in [1.54, 1.807) is 0 Å². The largest absolute Gasteiger partial charge is 0.469 e. The van der Waals surface area contributed by atoms with Gasteiger partial charge < -0.3 is 19.9 Å². The number of carbonyl (C=O) groups is 1. The molecule has 1 aliphatic heterocycles. The van der Waals surface area contributed by atoms with Gasteiger partial charge in [-0.1, -0.05) is 0 Å². The first-order valence-corrected chi connectivity index (χ1v) is 5.65. The fourth-order valence-electron chi connectivity index (χ4n) is 2.02. The monoisotopic (exact) mass is 231 g/mol. The Balaban J connectivity index is 2.45. The molecular formula is C11H21NO4. The summed E-state index contributed by atoms with van der Waals surface area (Å²) in [7, 11) is 1.38. The highest BCUT2D eigenvalue weighted by molar-refractivity contribution is 5.69. The molecule has 0 aromatic heterocycles. The minimum Gasteiger partial charge on any atom is -0.469 e. The molecule has 1 atom stereocenters. The molecule has 0 amide bonds. The third kappa shape index (κ3) is 3.73. The average Bonchev–Trinajstić information content (AvgIpc) is 2.29. The second kappa shape index (κ2) is 6.18. The molecule has 5 heteroatoms. The molecule has 0 aromatic rings. The zero-order valence-corrected chi connectivity index (χ0v) is 9.99. The van der Waals surface area contributed by atoms with E-state index in [-0.39, 0.29) is 24.2 Å². The summed E-state index contributed by atoms with van der Waals surface area (Å²) in [6.07, 6.45) is 1.86. The summed E-state index contributed by atoms with van der Waals surface area (Å²) in [5.41, 5.74) is -0.300. The maximum Gasteiger partial charge on any atom is 0.307 e. The Morgan fingerprint density at radius 3 is 2.69 bits per heavy atom. The maximum absolute atomic E-state index is 11.1. The number of methoxy groups -OCH3 is 1. The Labute approximate surface area is 96.1 Å². The molecule has 16 heavy (non-hydrogen) atoms. The van der Waals surface area contributed by atoms with E-state index in [1.165, 1.54) is 7.11 Å². The Hall–Kier alpha value is -0.650. The van der Waals surface area contributed by atoms with Crippen LogP contribution in [0.15, 0.2) is 0 Å². The molecule has 1 aliphatic rings. The van der Waals surface area contributed by atoms with E-state index in [1.807, 2.05) is 6.92 Å². The number of rotatable bonds is 5. The average molecular weight is 231 g/mol. The molecular weight excluding hydrogens is 210 g/mol. The van der Waals surface area contributed by atoms with Crippen LogP contribution in [0.3, 0.4) is 0 Å². The first-order chi connectivity index (χ1) is 7.62. The number of hydrogen-bond acceptors (Lipinski definition) is 5. The van der Waals surface area contributed by atoms with E-state index in [9.17, 15) is 9.90 Å². The van der Waals surface area contributed by atoms with Gasteiger partial charge in [0.2, 0.25) is 0 Å². The molecule has 1 fully saturated rings. The van der Waals surface area contributed by atoms with Crippen LogP contribution in [0, 0.1) is 0 Å². The summed E-state index contributed by atoms with van der Waals surface area (Å²) in [6, 6.07) is -0.00213. The van der Waals surface area contributed by atoms with Crippen LogP contribution < -0.4 is 5.32 Å². The Morgan fingerprint density at radius 1 is 1.56 bits per heavy atom. The van der Waals surface area contributed by atoms with Crippen molar-refractivity contribution < 1.29 is 19.4 Å². The molecule has 5 nitrogen and oxygen atoms in total. The van der Waals surface area contributed by atoms with Crippen LogP contribution in [0.2, 0.25) is 0 Å². The van der Waals surface area contributed by atoms with Crippen LogP contribution in [-0.2, 0) is 14.3 Å². The van der Waals surface area contributed by atoms with Gasteiger partial charge in [0.15, 0.2) is 0 Å². The van der Waals surface area contributed by atoms with E-state index in [4.69, 9.17) is 4.74 Å². The summed E-state index contributed by atoms with van der Waals surface area (Å²) < 4.78 is 9.88. The molecule has 1 unspecified atom stereocenters. The first-order valence-electron chi connectivity index (χ1n) is 5.65. The van der Waals surface area contributed by atoms with Crippen LogP contribution in [0.25, 0.3) is 0 Å². The lowest BCUT2D eigenvalue weighted by Gasteiger charge is -2.38. The summed E-state index contributed by atoms with van der Waals surface area (Å²) >= 11 is 0. The topological polar surface area (TPSA) is 67.8 Å². The van der Waals surface area contributed by atoms with Crippen LogP contribution in [0.4, 0.5) is 0 Å². The maximum atomic E-state index is 11.1. The first kappa shape index (κ1) is 13.4. The summed E-state index contributed by atoms with van der Waals surface area (Å²) in [4.78, 5) is 11.1. The Morgan fingerprint density at radius 2 is 2.19 bits per heavy atom. The van der Waals surface area contributed by atoms with Crippen molar-refractivity contribution in [3.8, 4) is 0 Å². The highest BCUT2D eigenvalue weighted by atomic mass is 16.5. The molecule has 1 rings (SSSR count). The fourth-order valence-corrected chi connectivity index (χ4v) is 2.02. The molecule has 94 valence electrons. The van der Waals surface area contributed by atoms with E-state index in [0.29, 0.717) is 19.6 Å². The molecule has 0 aromatic carbocycles. The number of ether oxygens (including phenoxy) is 2. The summed E-state index contributed by atoms with van der Waals surface area (Å²) in [5.74, 6) is -0.236. The van der Waals surface area contributed by atoms with Crippen molar-refractivity contribution in [1.82, 2.24) is 5.32 Å². The predicted octanol–water partition coefficient (Wildman–Crippen LogP) is 0.0691. The molecule has 2 N–H and O–H groups in total. The third-order valence-electron chi connectivity index (χ3n) is 3.01. The van der Waals surface area contributed by atoms with Gasteiger partial charge in [0.25, 0.3) is 0 Å². The van der Waals surface area contributed by atoms with Crippen molar-refractivity contribution in [3.63, 3.8) is 0 Å². The lowest BCUT2D eigenvalue weighted by atomic mass is 9.90. The Bertz CT molecular complexity index is 226. The molecule has 0 radical (unpaired) electrons. The van der Waals surface area contributed by atoms with Crippen LogP contribution in [0.5, 0.6) is 0 Å². The van der Waals surface area contributed by atoms with Crippen LogP contribution in [-0.4, -0.2) is 49.6 Å². The van der Waals surface area contributed by atoms with Gasteiger partial charge in [-0.25, -0.2) is 0 Å². The smallest absolute Gasteiger partial charge is 0.307 e. The lowest BCUT2D eigenvalue weighted by molar-refractivity contribution is -0.141.